The van der Waals surface area contributed by atoms with E-state index in [0.717, 1.165) is 6.54 Å². The van der Waals surface area contributed by atoms with Gasteiger partial charge in [0.25, 0.3) is 5.91 Å². The zero-order valence-electron chi connectivity index (χ0n) is 12.4. The number of hydrogen-bond donors (Lipinski definition) is 3. The molecule has 0 spiro atoms. The monoisotopic (exact) mass is 317 g/mol. The van der Waals surface area contributed by atoms with Crippen molar-refractivity contribution < 1.29 is 4.79 Å². The van der Waals surface area contributed by atoms with Crippen molar-refractivity contribution in [2.24, 2.45) is 4.99 Å². The molecule has 0 aliphatic rings. The first kappa shape index (κ1) is 16.0. The molecule has 0 fully saturated rings. The van der Waals surface area contributed by atoms with Crippen LogP contribution in [0.1, 0.15) is 15.9 Å². The Balaban J connectivity index is 1.65. The lowest BCUT2D eigenvalue weighted by Crippen LogP contribution is -2.41. The summed E-state index contributed by atoms with van der Waals surface area (Å²) in [5.41, 5.74) is 1.78. The molecule has 0 aliphatic carbocycles. The van der Waals surface area contributed by atoms with E-state index in [4.69, 9.17) is 0 Å². The van der Waals surface area contributed by atoms with Gasteiger partial charge in [-0.25, -0.2) is 0 Å². The first-order valence-electron chi connectivity index (χ1n) is 6.93. The number of nitrogens with one attached hydrogen (secondary N) is 3. The van der Waals surface area contributed by atoms with Crippen LogP contribution in [-0.4, -0.2) is 37.0 Å². The molecule has 0 unspecified atom stereocenters. The molecule has 0 atom stereocenters. The fourth-order valence-corrected chi connectivity index (χ4v) is 2.42. The van der Waals surface area contributed by atoms with Gasteiger partial charge in [0.15, 0.2) is 5.96 Å². The molecule has 2 rings (SSSR count). The van der Waals surface area contributed by atoms with Gasteiger partial charge in [0.1, 0.15) is 0 Å². The van der Waals surface area contributed by atoms with E-state index in [9.17, 15) is 4.79 Å². The van der Waals surface area contributed by atoms with E-state index in [1.807, 2.05) is 5.38 Å². The highest BCUT2D eigenvalue weighted by Crippen LogP contribution is 2.04. The Kier molecular flexibility index (Phi) is 6.38. The molecule has 116 valence electrons. The van der Waals surface area contributed by atoms with E-state index in [0.29, 0.717) is 24.6 Å². The number of nitrogens with zero attached hydrogens (tertiary/aromatic N) is 2. The summed E-state index contributed by atoms with van der Waals surface area (Å²) in [6.45, 7) is 1.83. The van der Waals surface area contributed by atoms with Crippen molar-refractivity contribution in [2.75, 3.05) is 20.1 Å². The quantitative estimate of drug-likeness (QED) is 0.425. The highest BCUT2D eigenvalue weighted by Gasteiger charge is 2.04. The molecule has 2 heterocycles. The Bertz CT molecular complexity index is 598. The molecule has 0 radical (unpaired) electrons. The van der Waals surface area contributed by atoms with Gasteiger partial charge in [0, 0.05) is 39.1 Å². The summed E-state index contributed by atoms with van der Waals surface area (Å²) in [4.78, 5) is 19.9. The van der Waals surface area contributed by atoms with Gasteiger partial charge < -0.3 is 16.0 Å². The predicted octanol–water partition coefficient (Wildman–Crippen LogP) is 1.24. The Labute approximate surface area is 133 Å². The second kappa shape index (κ2) is 8.78. The van der Waals surface area contributed by atoms with Gasteiger partial charge in [-0.3, -0.25) is 14.8 Å². The van der Waals surface area contributed by atoms with Crippen molar-refractivity contribution in [1.82, 2.24) is 20.9 Å². The van der Waals surface area contributed by atoms with Crippen molar-refractivity contribution in [3.05, 3.63) is 52.5 Å². The number of rotatable bonds is 6. The lowest BCUT2D eigenvalue weighted by Gasteiger charge is -2.11. The second-order valence-corrected chi connectivity index (χ2v) is 5.26. The van der Waals surface area contributed by atoms with Gasteiger partial charge in [0.05, 0.1) is 5.56 Å². The minimum absolute atomic E-state index is 0.129. The number of aromatic nitrogens is 1. The van der Waals surface area contributed by atoms with E-state index in [1.165, 1.54) is 5.56 Å². The fraction of sp³-hybridized carbons (Fsp3) is 0.267. The zero-order chi connectivity index (χ0) is 15.6. The van der Waals surface area contributed by atoms with Crippen molar-refractivity contribution in [3.63, 3.8) is 0 Å². The van der Waals surface area contributed by atoms with E-state index < -0.39 is 0 Å². The smallest absolute Gasteiger partial charge is 0.252 e. The van der Waals surface area contributed by atoms with Crippen LogP contribution in [0.25, 0.3) is 0 Å². The highest BCUT2D eigenvalue weighted by molar-refractivity contribution is 7.07. The third kappa shape index (κ3) is 5.17. The Morgan fingerprint density at radius 3 is 2.82 bits per heavy atom. The van der Waals surface area contributed by atoms with E-state index >= 15 is 0 Å². The molecule has 7 heteroatoms. The molecule has 3 N–H and O–H groups in total. The number of carbonyl (C=O) groups is 1. The van der Waals surface area contributed by atoms with E-state index in [1.54, 1.807) is 42.9 Å². The Hall–Kier alpha value is -2.41. The lowest BCUT2D eigenvalue weighted by atomic mass is 10.3. The van der Waals surface area contributed by atoms with Crippen LogP contribution < -0.4 is 16.0 Å². The minimum Gasteiger partial charge on any atom is -0.355 e. The number of hydrogen-bond acceptors (Lipinski definition) is 4. The summed E-state index contributed by atoms with van der Waals surface area (Å²) in [5, 5.41) is 13.3. The van der Waals surface area contributed by atoms with Gasteiger partial charge in [0.2, 0.25) is 0 Å². The van der Waals surface area contributed by atoms with Crippen LogP contribution in [0, 0.1) is 0 Å². The molecule has 0 saturated carbocycles. The number of guanidine groups is 1. The first-order valence-corrected chi connectivity index (χ1v) is 7.87. The fourth-order valence-electron chi connectivity index (χ4n) is 1.76. The number of carbonyl (C=O) groups excluding carboxylic acids is 1. The van der Waals surface area contributed by atoms with Crippen molar-refractivity contribution in [3.8, 4) is 0 Å². The average molecular weight is 317 g/mol. The topological polar surface area (TPSA) is 78.4 Å². The molecule has 1 amide bonds. The first-order chi connectivity index (χ1) is 10.8. The molecule has 2 aromatic rings. The van der Waals surface area contributed by atoms with Crippen molar-refractivity contribution in [1.29, 1.82) is 0 Å². The number of thiophene rings is 1. The van der Waals surface area contributed by atoms with Crippen LogP contribution in [0.3, 0.4) is 0 Å². The van der Waals surface area contributed by atoms with Crippen molar-refractivity contribution in [2.45, 2.75) is 6.54 Å². The lowest BCUT2D eigenvalue weighted by molar-refractivity contribution is 0.0954. The van der Waals surface area contributed by atoms with Crippen LogP contribution in [0.15, 0.2) is 46.3 Å². The van der Waals surface area contributed by atoms with Gasteiger partial charge in [-0.05, 0) is 34.5 Å². The summed E-state index contributed by atoms with van der Waals surface area (Å²) < 4.78 is 0. The normalized spacial score (nSPS) is 11.0. The summed E-state index contributed by atoms with van der Waals surface area (Å²) in [5.74, 6) is 0.581. The minimum atomic E-state index is -0.129. The third-order valence-electron chi connectivity index (χ3n) is 2.89. The third-order valence-corrected chi connectivity index (χ3v) is 3.62. The summed E-state index contributed by atoms with van der Waals surface area (Å²) in [7, 11) is 1.72. The maximum absolute atomic E-state index is 11.8. The summed E-state index contributed by atoms with van der Waals surface area (Å²) >= 11 is 1.67. The zero-order valence-corrected chi connectivity index (χ0v) is 13.2. The van der Waals surface area contributed by atoms with Gasteiger partial charge in [-0.1, -0.05) is 0 Å². The summed E-state index contributed by atoms with van der Waals surface area (Å²) in [6, 6.07) is 5.54. The maximum atomic E-state index is 11.8. The number of aliphatic imine (C=N–C) groups is 1. The molecule has 0 saturated heterocycles. The number of amides is 1. The van der Waals surface area contributed by atoms with Crippen LogP contribution in [0.4, 0.5) is 0 Å². The van der Waals surface area contributed by atoms with Crippen LogP contribution in [0.2, 0.25) is 0 Å². The number of pyridine rings is 1. The van der Waals surface area contributed by atoms with Gasteiger partial charge in [-0.15, -0.1) is 0 Å². The Morgan fingerprint density at radius 1 is 1.27 bits per heavy atom. The molecule has 6 nitrogen and oxygen atoms in total. The van der Waals surface area contributed by atoms with Crippen LogP contribution in [0.5, 0.6) is 0 Å². The summed E-state index contributed by atoms with van der Waals surface area (Å²) in [6.07, 6.45) is 3.19. The molecular formula is C15H19N5OS. The molecule has 2 aromatic heterocycles. The molecule has 0 aliphatic heterocycles. The van der Waals surface area contributed by atoms with Crippen LogP contribution >= 0.6 is 11.3 Å². The SMILES string of the molecule is CN=C(NCCNC(=O)c1cccnc1)NCc1ccsc1. The highest BCUT2D eigenvalue weighted by atomic mass is 32.1. The molecule has 0 bridgehead atoms. The maximum Gasteiger partial charge on any atom is 0.252 e. The second-order valence-electron chi connectivity index (χ2n) is 4.48. The van der Waals surface area contributed by atoms with E-state index in [2.05, 4.69) is 37.4 Å². The average Bonchev–Trinajstić information content (AvgIpc) is 3.08. The molecule has 0 aromatic carbocycles. The molecular weight excluding hydrogens is 298 g/mol. The standard InChI is InChI=1S/C15H19N5OS/c1-16-15(20-9-12-4-8-22-11-12)19-7-6-18-14(21)13-3-2-5-17-10-13/h2-5,8,10-11H,6-7,9H2,1H3,(H,18,21)(H2,16,19,20). The molecule has 22 heavy (non-hydrogen) atoms. The van der Waals surface area contributed by atoms with E-state index in [-0.39, 0.29) is 5.91 Å². The largest absolute Gasteiger partial charge is 0.355 e. The van der Waals surface area contributed by atoms with Crippen LogP contribution in [-0.2, 0) is 6.54 Å². The Morgan fingerprint density at radius 2 is 2.14 bits per heavy atom. The predicted molar refractivity (Wildman–Crippen MR) is 89.1 cm³/mol. The van der Waals surface area contributed by atoms with Gasteiger partial charge >= 0.3 is 0 Å². The van der Waals surface area contributed by atoms with Gasteiger partial charge in [-0.2, -0.15) is 11.3 Å². The van der Waals surface area contributed by atoms with Crippen molar-refractivity contribution >= 4 is 23.2 Å².